The van der Waals surface area contributed by atoms with Crippen molar-refractivity contribution in [2.45, 2.75) is 33.2 Å². The van der Waals surface area contributed by atoms with Gasteiger partial charge in [-0.2, -0.15) is 0 Å². The minimum Gasteiger partial charge on any atom is -0.466 e. The van der Waals surface area contributed by atoms with Crippen LogP contribution in [0, 0.1) is 12.8 Å². The first kappa shape index (κ1) is 14.1. The molecule has 1 aliphatic rings. The number of nitrogens with zero attached hydrogens (tertiary/aromatic N) is 1. The number of hydrogen-bond acceptors (Lipinski definition) is 3. The molecule has 0 atom stereocenters. The van der Waals surface area contributed by atoms with E-state index in [1.807, 2.05) is 6.92 Å². The second-order valence-electron chi connectivity index (χ2n) is 5.29. The van der Waals surface area contributed by atoms with Crippen molar-refractivity contribution in [1.82, 2.24) is 4.90 Å². The molecule has 0 unspecified atom stereocenters. The molecule has 19 heavy (non-hydrogen) atoms. The average Bonchev–Trinajstić information content (AvgIpc) is 2.40. The molecule has 0 amide bonds. The molecule has 1 fully saturated rings. The van der Waals surface area contributed by atoms with Crippen molar-refractivity contribution in [1.29, 1.82) is 0 Å². The number of ether oxygens (including phenoxy) is 1. The molecule has 1 heterocycles. The van der Waals surface area contributed by atoms with Crippen LogP contribution in [0.25, 0.3) is 0 Å². The van der Waals surface area contributed by atoms with Gasteiger partial charge in [-0.15, -0.1) is 0 Å². The van der Waals surface area contributed by atoms with Gasteiger partial charge in [0.15, 0.2) is 0 Å². The first-order valence-corrected chi connectivity index (χ1v) is 7.13. The van der Waals surface area contributed by atoms with Gasteiger partial charge in [-0.25, -0.2) is 0 Å². The summed E-state index contributed by atoms with van der Waals surface area (Å²) in [6.07, 6.45) is 1.84. The van der Waals surface area contributed by atoms with Gasteiger partial charge in [0.1, 0.15) is 0 Å². The van der Waals surface area contributed by atoms with Gasteiger partial charge in [-0.05, 0) is 45.3 Å². The fourth-order valence-corrected chi connectivity index (χ4v) is 2.66. The van der Waals surface area contributed by atoms with E-state index in [9.17, 15) is 4.79 Å². The summed E-state index contributed by atoms with van der Waals surface area (Å²) in [6.45, 7) is 7.43. The number of carbonyl (C=O) groups is 1. The number of rotatable bonds is 4. The second kappa shape index (κ2) is 6.71. The Morgan fingerprint density at radius 1 is 1.37 bits per heavy atom. The molecule has 1 aromatic carbocycles. The zero-order chi connectivity index (χ0) is 13.7. The molecule has 3 heteroatoms. The van der Waals surface area contributed by atoms with Crippen LogP contribution in [-0.2, 0) is 16.1 Å². The van der Waals surface area contributed by atoms with Crippen LogP contribution >= 0.6 is 0 Å². The Morgan fingerprint density at radius 3 is 2.74 bits per heavy atom. The summed E-state index contributed by atoms with van der Waals surface area (Å²) in [5.41, 5.74) is 2.66. The van der Waals surface area contributed by atoms with Crippen LogP contribution in [0.15, 0.2) is 24.3 Å². The van der Waals surface area contributed by atoms with Crippen molar-refractivity contribution < 1.29 is 9.53 Å². The van der Waals surface area contributed by atoms with E-state index in [4.69, 9.17) is 4.74 Å². The number of carbonyl (C=O) groups excluding carboxylic acids is 1. The molecule has 0 saturated carbocycles. The highest BCUT2D eigenvalue weighted by Crippen LogP contribution is 2.20. The molecule has 1 saturated heterocycles. The van der Waals surface area contributed by atoms with E-state index in [-0.39, 0.29) is 11.9 Å². The summed E-state index contributed by atoms with van der Waals surface area (Å²) >= 11 is 0. The van der Waals surface area contributed by atoms with Gasteiger partial charge in [0.25, 0.3) is 0 Å². The Bertz CT molecular complexity index is 423. The van der Waals surface area contributed by atoms with E-state index in [1.54, 1.807) is 0 Å². The fourth-order valence-electron chi connectivity index (χ4n) is 2.66. The third-order valence-electron chi connectivity index (χ3n) is 3.70. The molecule has 0 spiro atoms. The van der Waals surface area contributed by atoms with Crippen LogP contribution in [0.5, 0.6) is 0 Å². The van der Waals surface area contributed by atoms with Crippen LogP contribution < -0.4 is 0 Å². The van der Waals surface area contributed by atoms with Crippen molar-refractivity contribution in [3.8, 4) is 0 Å². The maximum Gasteiger partial charge on any atom is 0.309 e. The van der Waals surface area contributed by atoms with E-state index in [0.29, 0.717) is 6.61 Å². The lowest BCUT2D eigenvalue weighted by Crippen LogP contribution is -2.36. The molecule has 104 valence electrons. The summed E-state index contributed by atoms with van der Waals surface area (Å²) in [4.78, 5) is 14.1. The first-order valence-electron chi connectivity index (χ1n) is 7.13. The summed E-state index contributed by atoms with van der Waals surface area (Å²) in [5, 5.41) is 0. The van der Waals surface area contributed by atoms with E-state index in [0.717, 1.165) is 32.5 Å². The lowest BCUT2D eigenvalue weighted by atomic mass is 9.96. The summed E-state index contributed by atoms with van der Waals surface area (Å²) in [7, 11) is 0. The van der Waals surface area contributed by atoms with Gasteiger partial charge in [-0.3, -0.25) is 9.69 Å². The summed E-state index contributed by atoms with van der Waals surface area (Å²) in [6, 6.07) is 8.63. The molecule has 1 aliphatic heterocycles. The molecule has 0 aliphatic carbocycles. The summed E-state index contributed by atoms with van der Waals surface area (Å²) < 4.78 is 5.09. The van der Waals surface area contributed by atoms with Crippen molar-refractivity contribution in [3.05, 3.63) is 35.4 Å². The average molecular weight is 261 g/mol. The highest BCUT2D eigenvalue weighted by Gasteiger charge is 2.25. The first-order chi connectivity index (χ1) is 9.19. The lowest BCUT2D eigenvalue weighted by Gasteiger charge is -2.30. The monoisotopic (exact) mass is 261 g/mol. The maximum absolute atomic E-state index is 11.7. The quantitative estimate of drug-likeness (QED) is 0.781. The normalized spacial score (nSPS) is 17.4. The molecule has 0 radical (unpaired) electrons. The molecule has 1 aromatic rings. The Morgan fingerprint density at radius 2 is 2.11 bits per heavy atom. The highest BCUT2D eigenvalue weighted by atomic mass is 16.5. The number of likely N-dealkylation sites (tertiary alicyclic amines) is 1. The molecule has 0 N–H and O–H groups in total. The molecule has 0 bridgehead atoms. The SMILES string of the molecule is CCOC(=O)C1CCN(Cc2cccc(C)c2)CC1. The second-order valence-corrected chi connectivity index (χ2v) is 5.29. The minimum absolute atomic E-state index is 0.0160. The number of piperidine rings is 1. The lowest BCUT2D eigenvalue weighted by molar-refractivity contribution is -0.149. The van der Waals surface area contributed by atoms with Crippen LogP contribution in [0.3, 0.4) is 0 Å². The van der Waals surface area contributed by atoms with E-state index < -0.39 is 0 Å². The predicted octanol–water partition coefficient (Wildman–Crippen LogP) is 2.77. The van der Waals surface area contributed by atoms with Crippen molar-refractivity contribution in [2.24, 2.45) is 5.92 Å². The van der Waals surface area contributed by atoms with Crippen molar-refractivity contribution in [2.75, 3.05) is 19.7 Å². The van der Waals surface area contributed by atoms with Gasteiger partial charge in [-0.1, -0.05) is 29.8 Å². The molecule has 3 nitrogen and oxygen atoms in total. The zero-order valence-corrected chi connectivity index (χ0v) is 11.9. The highest BCUT2D eigenvalue weighted by molar-refractivity contribution is 5.72. The largest absolute Gasteiger partial charge is 0.466 e. The van der Waals surface area contributed by atoms with Crippen LogP contribution in [0.2, 0.25) is 0 Å². The number of benzene rings is 1. The van der Waals surface area contributed by atoms with Crippen LogP contribution in [0.4, 0.5) is 0 Å². The minimum atomic E-state index is -0.0160. The van der Waals surface area contributed by atoms with Gasteiger partial charge < -0.3 is 4.74 Å². The van der Waals surface area contributed by atoms with E-state index >= 15 is 0 Å². The van der Waals surface area contributed by atoms with Gasteiger partial charge in [0.05, 0.1) is 12.5 Å². The van der Waals surface area contributed by atoms with E-state index in [2.05, 4.69) is 36.1 Å². The topological polar surface area (TPSA) is 29.5 Å². The van der Waals surface area contributed by atoms with Crippen molar-refractivity contribution >= 4 is 5.97 Å². The predicted molar refractivity (Wildman–Crippen MR) is 75.8 cm³/mol. The van der Waals surface area contributed by atoms with Crippen LogP contribution in [0.1, 0.15) is 30.9 Å². The summed E-state index contributed by atoms with van der Waals surface area (Å²) in [5.74, 6) is 0.0893. The zero-order valence-electron chi connectivity index (χ0n) is 11.9. The smallest absolute Gasteiger partial charge is 0.309 e. The van der Waals surface area contributed by atoms with Crippen LogP contribution in [-0.4, -0.2) is 30.6 Å². The molecule has 0 aromatic heterocycles. The Hall–Kier alpha value is -1.35. The standard InChI is InChI=1S/C16H23NO2/c1-3-19-16(18)15-7-9-17(10-8-15)12-14-6-4-5-13(2)11-14/h4-6,11,15H,3,7-10,12H2,1-2H3. The van der Waals surface area contributed by atoms with Gasteiger partial charge in [0, 0.05) is 6.54 Å². The maximum atomic E-state index is 11.7. The third kappa shape index (κ3) is 4.06. The molecular weight excluding hydrogens is 238 g/mol. The fraction of sp³-hybridized carbons (Fsp3) is 0.562. The Balaban J connectivity index is 1.82. The van der Waals surface area contributed by atoms with Crippen molar-refractivity contribution in [3.63, 3.8) is 0 Å². The van der Waals surface area contributed by atoms with Gasteiger partial charge >= 0.3 is 5.97 Å². The van der Waals surface area contributed by atoms with E-state index in [1.165, 1.54) is 11.1 Å². The van der Waals surface area contributed by atoms with Gasteiger partial charge in [0.2, 0.25) is 0 Å². The Kier molecular flexibility index (Phi) is 4.97. The number of hydrogen-bond donors (Lipinski definition) is 0. The Labute approximate surface area is 115 Å². The third-order valence-corrected chi connectivity index (χ3v) is 3.70. The number of esters is 1. The molecular formula is C16H23NO2. The number of aryl methyl sites for hydroxylation is 1. The molecule has 2 rings (SSSR count).